The van der Waals surface area contributed by atoms with E-state index in [1.165, 1.54) is 16.3 Å². The number of H-pyrrole nitrogens is 1. The monoisotopic (exact) mass is 223 g/mol. The second-order valence-corrected chi connectivity index (χ2v) is 3.97. The van der Waals surface area contributed by atoms with Crippen LogP contribution in [0.1, 0.15) is 5.56 Å². The largest absolute Gasteiger partial charge is 0.352 e. The third-order valence-electron chi connectivity index (χ3n) is 2.77. The third-order valence-corrected chi connectivity index (χ3v) is 2.77. The van der Waals surface area contributed by atoms with Crippen LogP contribution < -0.4 is 5.32 Å². The van der Waals surface area contributed by atoms with Crippen molar-refractivity contribution in [2.45, 2.75) is 6.54 Å². The maximum Gasteiger partial charge on any atom is 0.200 e. The number of nitrogens with one attached hydrogen (secondary N) is 2. The van der Waals surface area contributed by atoms with Crippen molar-refractivity contribution in [3.8, 4) is 0 Å². The van der Waals surface area contributed by atoms with Crippen LogP contribution in [0.5, 0.6) is 0 Å². The smallest absolute Gasteiger partial charge is 0.200 e. The number of imidazole rings is 1. The zero-order chi connectivity index (χ0) is 11.5. The Hall–Kier alpha value is -2.29. The fourth-order valence-electron chi connectivity index (χ4n) is 1.90. The summed E-state index contributed by atoms with van der Waals surface area (Å²) in [6.07, 6.45) is 3.55. The number of benzene rings is 2. The maximum atomic E-state index is 4.13. The molecule has 2 aromatic carbocycles. The topological polar surface area (TPSA) is 40.7 Å². The molecule has 0 unspecified atom stereocenters. The van der Waals surface area contributed by atoms with E-state index in [-0.39, 0.29) is 0 Å². The Bertz CT molecular complexity index is 614. The minimum atomic E-state index is 0.776. The van der Waals surface area contributed by atoms with Crippen LogP contribution in [0.4, 0.5) is 5.95 Å². The van der Waals surface area contributed by atoms with Gasteiger partial charge in [0.25, 0.3) is 0 Å². The average Bonchev–Trinajstić information content (AvgIpc) is 2.89. The Balaban J connectivity index is 1.81. The first kappa shape index (κ1) is 9.90. The first-order valence-corrected chi connectivity index (χ1v) is 5.63. The molecule has 0 fully saturated rings. The lowest BCUT2D eigenvalue weighted by atomic mass is 10.1. The van der Waals surface area contributed by atoms with E-state index in [2.05, 4.69) is 57.7 Å². The predicted molar refractivity (Wildman–Crippen MR) is 69.9 cm³/mol. The molecular formula is C14H13N3. The Morgan fingerprint density at radius 2 is 1.94 bits per heavy atom. The van der Waals surface area contributed by atoms with Gasteiger partial charge in [0, 0.05) is 18.9 Å². The van der Waals surface area contributed by atoms with Crippen molar-refractivity contribution in [1.82, 2.24) is 9.97 Å². The second kappa shape index (κ2) is 4.29. The molecule has 0 atom stereocenters. The van der Waals surface area contributed by atoms with Crippen LogP contribution in [0, 0.1) is 0 Å². The zero-order valence-electron chi connectivity index (χ0n) is 9.35. The van der Waals surface area contributed by atoms with E-state index < -0.39 is 0 Å². The molecule has 17 heavy (non-hydrogen) atoms. The van der Waals surface area contributed by atoms with Crippen LogP contribution in [0.25, 0.3) is 10.8 Å². The molecule has 3 heteroatoms. The summed E-state index contributed by atoms with van der Waals surface area (Å²) < 4.78 is 0. The number of nitrogens with zero attached hydrogens (tertiary/aromatic N) is 1. The first-order valence-electron chi connectivity index (χ1n) is 5.63. The molecule has 0 aliphatic heterocycles. The lowest BCUT2D eigenvalue weighted by Crippen LogP contribution is -2.00. The highest BCUT2D eigenvalue weighted by Crippen LogP contribution is 2.16. The van der Waals surface area contributed by atoms with Crippen LogP contribution in [0.2, 0.25) is 0 Å². The zero-order valence-corrected chi connectivity index (χ0v) is 9.35. The molecule has 84 valence electrons. The highest BCUT2D eigenvalue weighted by Gasteiger charge is 1.97. The Labute approximate surface area is 99.5 Å². The van der Waals surface area contributed by atoms with Crippen LogP contribution in [0.15, 0.2) is 54.9 Å². The van der Waals surface area contributed by atoms with E-state index >= 15 is 0 Å². The van der Waals surface area contributed by atoms with Gasteiger partial charge in [0.2, 0.25) is 0 Å². The molecular weight excluding hydrogens is 210 g/mol. The third kappa shape index (κ3) is 2.13. The Morgan fingerprint density at radius 3 is 2.76 bits per heavy atom. The van der Waals surface area contributed by atoms with Gasteiger partial charge in [-0.25, -0.2) is 4.98 Å². The maximum absolute atomic E-state index is 4.13. The van der Waals surface area contributed by atoms with Gasteiger partial charge in [0.1, 0.15) is 0 Å². The molecule has 0 amide bonds. The van der Waals surface area contributed by atoms with Crippen molar-refractivity contribution in [3.63, 3.8) is 0 Å². The van der Waals surface area contributed by atoms with E-state index in [1.54, 1.807) is 6.20 Å². The van der Waals surface area contributed by atoms with Gasteiger partial charge in [-0.15, -0.1) is 0 Å². The molecule has 0 aliphatic rings. The Kier molecular flexibility index (Phi) is 2.50. The van der Waals surface area contributed by atoms with Crippen LogP contribution >= 0.6 is 0 Å². The number of rotatable bonds is 3. The average molecular weight is 223 g/mol. The molecule has 1 heterocycles. The van der Waals surface area contributed by atoms with Crippen molar-refractivity contribution in [2.24, 2.45) is 0 Å². The molecule has 1 aromatic heterocycles. The highest BCUT2D eigenvalue weighted by molar-refractivity contribution is 5.83. The van der Waals surface area contributed by atoms with Crippen LogP contribution in [0.3, 0.4) is 0 Å². The minimum Gasteiger partial charge on any atom is -0.352 e. The van der Waals surface area contributed by atoms with Crippen molar-refractivity contribution in [1.29, 1.82) is 0 Å². The minimum absolute atomic E-state index is 0.776. The Morgan fingerprint density at radius 1 is 1.06 bits per heavy atom. The SMILES string of the molecule is c1ccc2cc(CNc3ncc[nH]3)ccc2c1. The number of fused-ring (bicyclic) bond motifs is 1. The molecule has 0 saturated carbocycles. The van der Waals surface area contributed by atoms with Gasteiger partial charge in [-0.3, -0.25) is 0 Å². The van der Waals surface area contributed by atoms with Crippen LogP contribution in [-0.4, -0.2) is 9.97 Å². The number of aromatic amines is 1. The summed E-state index contributed by atoms with van der Waals surface area (Å²) in [6, 6.07) is 14.9. The van der Waals surface area contributed by atoms with E-state index in [1.807, 2.05) is 6.20 Å². The van der Waals surface area contributed by atoms with Gasteiger partial charge in [0.05, 0.1) is 0 Å². The molecule has 3 nitrogen and oxygen atoms in total. The van der Waals surface area contributed by atoms with Crippen molar-refractivity contribution in [2.75, 3.05) is 5.32 Å². The predicted octanol–water partition coefficient (Wildman–Crippen LogP) is 3.18. The van der Waals surface area contributed by atoms with E-state index in [0.29, 0.717) is 0 Å². The quantitative estimate of drug-likeness (QED) is 0.716. The van der Waals surface area contributed by atoms with Gasteiger partial charge in [0.15, 0.2) is 5.95 Å². The fourth-order valence-corrected chi connectivity index (χ4v) is 1.90. The summed E-state index contributed by atoms with van der Waals surface area (Å²) >= 11 is 0. The van der Waals surface area contributed by atoms with Crippen molar-refractivity contribution in [3.05, 3.63) is 60.4 Å². The van der Waals surface area contributed by atoms with Gasteiger partial charge in [-0.1, -0.05) is 36.4 Å². The van der Waals surface area contributed by atoms with Crippen molar-refractivity contribution < 1.29 is 0 Å². The summed E-state index contributed by atoms with van der Waals surface area (Å²) in [5.41, 5.74) is 1.25. The molecule has 0 spiro atoms. The summed E-state index contributed by atoms with van der Waals surface area (Å²) in [4.78, 5) is 7.15. The highest BCUT2D eigenvalue weighted by atomic mass is 15.1. The number of anilines is 1. The molecule has 0 saturated heterocycles. The summed E-state index contributed by atoms with van der Waals surface area (Å²) in [5, 5.41) is 5.78. The van der Waals surface area contributed by atoms with Gasteiger partial charge >= 0.3 is 0 Å². The summed E-state index contributed by atoms with van der Waals surface area (Å²) in [6.45, 7) is 0.776. The van der Waals surface area contributed by atoms with Gasteiger partial charge in [-0.2, -0.15) is 0 Å². The molecule has 2 N–H and O–H groups in total. The lowest BCUT2D eigenvalue weighted by Gasteiger charge is -2.05. The molecule has 3 aromatic rings. The summed E-state index contributed by atoms with van der Waals surface area (Å²) in [7, 11) is 0. The van der Waals surface area contributed by atoms with Crippen molar-refractivity contribution >= 4 is 16.7 Å². The molecule has 0 aliphatic carbocycles. The van der Waals surface area contributed by atoms with Gasteiger partial charge < -0.3 is 10.3 Å². The normalized spacial score (nSPS) is 10.6. The first-order chi connectivity index (χ1) is 8.42. The molecule has 3 rings (SSSR count). The number of hydrogen-bond donors (Lipinski definition) is 2. The second-order valence-electron chi connectivity index (χ2n) is 3.97. The fraction of sp³-hybridized carbons (Fsp3) is 0.0714. The van der Waals surface area contributed by atoms with Gasteiger partial charge in [-0.05, 0) is 22.4 Å². The molecule has 0 bridgehead atoms. The molecule has 0 radical (unpaired) electrons. The van der Waals surface area contributed by atoms with Crippen LogP contribution in [-0.2, 0) is 6.54 Å². The standard InChI is InChI=1S/C14H13N3/c1-2-4-13-9-11(5-6-12(13)3-1)10-17-14-15-7-8-16-14/h1-9H,10H2,(H2,15,16,17). The van der Waals surface area contributed by atoms with E-state index in [0.717, 1.165) is 12.5 Å². The number of hydrogen-bond acceptors (Lipinski definition) is 2. The summed E-state index contributed by atoms with van der Waals surface area (Å²) in [5.74, 6) is 0.804. The van der Waals surface area contributed by atoms with E-state index in [9.17, 15) is 0 Å². The van der Waals surface area contributed by atoms with E-state index in [4.69, 9.17) is 0 Å². The number of aromatic nitrogens is 2. The lowest BCUT2D eigenvalue weighted by molar-refractivity contribution is 1.10.